The Hall–Kier alpha value is -1.27. The van der Waals surface area contributed by atoms with Crippen molar-refractivity contribution in [1.82, 2.24) is 0 Å². The zero-order chi connectivity index (χ0) is 12.2. The number of carbonyl (C=O) groups is 2. The van der Waals surface area contributed by atoms with E-state index < -0.39 is 42.8 Å². The zero-order valence-corrected chi connectivity index (χ0v) is 7.91. The first-order chi connectivity index (χ1) is 6.69. The number of hydrogen-bond donors (Lipinski definition) is 2. The monoisotopic (exact) mass is 228 g/mol. The lowest BCUT2D eigenvalue weighted by atomic mass is 9.81. The van der Waals surface area contributed by atoms with Crippen LogP contribution in [-0.4, -0.2) is 34.7 Å². The minimum atomic E-state index is -3.31. The van der Waals surface area contributed by atoms with Gasteiger partial charge in [-0.25, -0.2) is 13.2 Å². The summed E-state index contributed by atoms with van der Waals surface area (Å²) in [7, 11) is 0. The average Bonchev–Trinajstić information content (AvgIpc) is 2.01. The highest BCUT2D eigenvalue weighted by Gasteiger charge is 2.40. The van der Waals surface area contributed by atoms with Gasteiger partial charge in [0.25, 0.3) is 6.43 Å². The van der Waals surface area contributed by atoms with Gasteiger partial charge in [0.05, 0.1) is 11.8 Å². The smallest absolute Gasteiger partial charge is 0.310 e. The first kappa shape index (κ1) is 13.7. The molecular formula is C8H11F3O4. The van der Waals surface area contributed by atoms with E-state index in [0.717, 1.165) is 6.92 Å². The fraction of sp³-hybridized carbons (Fsp3) is 0.750. The van der Waals surface area contributed by atoms with Crippen LogP contribution in [0.25, 0.3) is 0 Å². The molecule has 0 aliphatic heterocycles. The molecular weight excluding hydrogens is 217 g/mol. The van der Waals surface area contributed by atoms with Crippen LogP contribution in [0.15, 0.2) is 0 Å². The van der Waals surface area contributed by atoms with E-state index in [0.29, 0.717) is 0 Å². The van der Waals surface area contributed by atoms with Crippen LogP contribution in [0.4, 0.5) is 13.2 Å². The molecule has 7 heteroatoms. The van der Waals surface area contributed by atoms with E-state index in [1.165, 1.54) is 0 Å². The number of aliphatic carboxylic acids is 2. The maximum atomic E-state index is 12.6. The number of alkyl halides is 3. The van der Waals surface area contributed by atoms with Crippen LogP contribution >= 0.6 is 0 Å². The summed E-state index contributed by atoms with van der Waals surface area (Å²) in [4.78, 5) is 20.9. The molecule has 0 heterocycles. The topological polar surface area (TPSA) is 74.6 Å². The van der Waals surface area contributed by atoms with Gasteiger partial charge in [-0.05, 0) is 6.92 Å². The van der Waals surface area contributed by atoms with Gasteiger partial charge in [0.2, 0.25) is 0 Å². The van der Waals surface area contributed by atoms with Crippen LogP contribution in [0, 0.1) is 5.41 Å². The van der Waals surface area contributed by atoms with Crippen LogP contribution in [0.3, 0.4) is 0 Å². The number of hydrogen-bond acceptors (Lipinski definition) is 2. The number of carboxylic acid groups (broad SMARTS) is 2. The third-order valence-electron chi connectivity index (χ3n) is 1.98. The standard InChI is InChI=1S/C8H11F3O4/c1-8(7(14)15,3-5(12)13)2-4(9)6(10)11/h4,6H,2-3H2,1H3,(H,12,13)(H,14,15). The second-order valence-electron chi connectivity index (χ2n) is 3.49. The second-order valence-corrected chi connectivity index (χ2v) is 3.49. The molecule has 2 atom stereocenters. The van der Waals surface area contributed by atoms with Crippen molar-refractivity contribution in [3.05, 3.63) is 0 Å². The normalized spacial score (nSPS) is 17.1. The van der Waals surface area contributed by atoms with Crippen LogP contribution in [0.2, 0.25) is 0 Å². The Morgan fingerprint density at radius 1 is 1.27 bits per heavy atom. The van der Waals surface area contributed by atoms with E-state index in [1.54, 1.807) is 0 Å². The summed E-state index contributed by atoms with van der Waals surface area (Å²) < 4.78 is 36.3. The maximum absolute atomic E-state index is 12.6. The molecule has 4 nitrogen and oxygen atoms in total. The van der Waals surface area contributed by atoms with E-state index in [4.69, 9.17) is 10.2 Å². The molecule has 0 aromatic heterocycles. The van der Waals surface area contributed by atoms with Gasteiger partial charge in [-0.2, -0.15) is 0 Å². The fourth-order valence-corrected chi connectivity index (χ4v) is 1.09. The second kappa shape index (κ2) is 4.99. The summed E-state index contributed by atoms with van der Waals surface area (Å²) in [5, 5.41) is 17.0. The van der Waals surface area contributed by atoms with Crippen molar-refractivity contribution in [2.24, 2.45) is 5.41 Å². The maximum Gasteiger partial charge on any atom is 0.310 e. The summed E-state index contributed by atoms with van der Waals surface area (Å²) in [5.41, 5.74) is -2.01. The molecule has 0 rings (SSSR count). The molecule has 88 valence electrons. The molecule has 0 aromatic carbocycles. The molecule has 2 N–H and O–H groups in total. The summed E-state index contributed by atoms with van der Waals surface area (Å²) in [6.45, 7) is 0.929. The molecule has 2 unspecified atom stereocenters. The summed E-state index contributed by atoms with van der Waals surface area (Å²) in [5.74, 6) is -3.07. The van der Waals surface area contributed by atoms with E-state index in [-0.39, 0.29) is 0 Å². The highest BCUT2D eigenvalue weighted by molar-refractivity contribution is 5.81. The first-order valence-corrected chi connectivity index (χ1v) is 4.06. The van der Waals surface area contributed by atoms with Gasteiger partial charge in [0.15, 0.2) is 6.17 Å². The summed E-state index contributed by atoms with van der Waals surface area (Å²) in [6, 6.07) is 0. The Kier molecular flexibility index (Phi) is 4.57. The van der Waals surface area contributed by atoms with Gasteiger partial charge in [-0.15, -0.1) is 0 Å². The predicted molar refractivity (Wildman–Crippen MR) is 43.5 cm³/mol. The lowest BCUT2D eigenvalue weighted by Crippen LogP contribution is -2.35. The molecule has 0 fully saturated rings. The minimum Gasteiger partial charge on any atom is -0.481 e. The lowest BCUT2D eigenvalue weighted by Gasteiger charge is -2.24. The lowest BCUT2D eigenvalue weighted by molar-refractivity contribution is -0.156. The highest BCUT2D eigenvalue weighted by Crippen LogP contribution is 2.31. The van der Waals surface area contributed by atoms with Crippen LogP contribution in [-0.2, 0) is 9.59 Å². The molecule has 0 saturated heterocycles. The molecule has 0 aliphatic rings. The van der Waals surface area contributed by atoms with Crippen LogP contribution < -0.4 is 0 Å². The zero-order valence-electron chi connectivity index (χ0n) is 7.91. The molecule has 0 spiro atoms. The van der Waals surface area contributed by atoms with Gasteiger partial charge in [-0.1, -0.05) is 0 Å². The van der Waals surface area contributed by atoms with Crippen molar-refractivity contribution >= 4 is 11.9 Å². The Bertz CT molecular complexity index is 256. The van der Waals surface area contributed by atoms with Gasteiger partial charge >= 0.3 is 11.9 Å². The fourth-order valence-electron chi connectivity index (χ4n) is 1.09. The van der Waals surface area contributed by atoms with E-state index in [2.05, 4.69) is 0 Å². The Labute approximate surface area is 83.7 Å². The number of carboxylic acids is 2. The SMILES string of the molecule is CC(CC(=O)O)(CC(F)C(F)F)C(=O)O. The van der Waals surface area contributed by atoms with Crippen LogP contribution in [0.5, 0.6) is 0 Å². The first-order valence-electron chi connectivity index (χ1n) is 4.06. The van der Waals surface area contributed by atoms with Crippen molar-refractivity contribution in [1.29, 1.82) is 0 Å². The van der Waals surface area contributed by atoms with Crippen molar-refractivity contribution in [3.8, 4) is 0 Å². The van der Waals surface area contributed by atoms with E-state index in [1.807, 2.05) is 0 Å². The number of halogens is 3. The van der Waals surface area contributed by atoms with Gasteiger partial charge in [-0.3, -0.25) is 9.59 Å². The summed E-state index contributed by atoms with van der Waals surface area (Å²) >= 11 is 0. The van der Waals surface area contributed by atoms with Gasteiger partial charge in [0.1, 0.15) is 0 Å². The molecule has 0 amide bonds. The molecule has 15 heavy (non-hydrogen) atoms. The van der Waals surface area contributed by atoms with Crippen molar-refractivity contribution < 1.29 is 33.0 Å². The van der Waals surface area contributed by atoms with Crippen molar-refractivity contribution in [3.63, 3.8) is 0 Å². The Balaban J connectivity index is 4.65. The molecule has 0 radical (unpaired) electrons. The van der Waals surface area contributed by atoms with Gasteiger partial charge < -0.3 is 10.2 Å². The van der Waals surface area contributed by atoms with Crippen LogP contribution in [0.1, 0.15) is 19.8 Å². The third kappa shape index (κ3) is 4.18. The van der Waals surface area contributed by atoms with E-state index >= 15 is 0 Å². The quantitative estimate of drug-likeness (QED) is 0.723. The van der Waals surface area contributed by atoms with Crippen molar-refractivity contribution in [2.75, 3.05) is 0 Å². The molecule has 0 bridgehead atoms. The minimum absolute atomic E-state index is 0.893. The Morgan fingerprint density at radius 3 is 2.00 bits per heavy atom. The molecule has 0 aliphatic carbocycles. The Morgan fingerprint density at radius 2 is 1.73 bits per heavy atom. The molecule has 0 saturated carbocycles. The van der Waals surface area contributed by atoms with E-state index in [9.17, 15) is 22.8 Å². The average molecular weight is 228 g/mol. The third-order valence-corrected chi connectivity index (χ3v) is 1.98. The van der Waals surface area contributed by atoms with Gasteiger partial charge in [0, 0.05) is 6.42 Å². The van der Waals surface area contributed by atoms with Crippen molar-refractivity contribution in [2.45, 2.75) is 32.4 Å². The molecule has 0 aromatic rings. The predicted octanol–water partition coefficient (Wildman–Crippen LogP) is 1.55. The summed E-state index contributed by atoms with van der Waals surface area (Å²) in [6.07, 6.45) is -7.86. The largest absolute Gasteiger partial charge is 0.481 e. The number of rotatable bonds is 6. The highest BCUT2D eigenvalue weighted by atomic mass is 19.3.